The lowest BCUT2D eigenvalue weighted by molar-refractivity contribution is -0.682. The molecule has 0 saturated heterocycles. The summed E-state index contributed by atoms with van der Waals surface area (Å²) in [6.07, 6.45) is 22.6. The van der Waals surface area contributed by atoms with Gasteiger partial charge in [0.1, 0.15) is 24.2 Å². The fourth-order valence-corrected chi connectivity index (χ4v) is 10.9. The Morgan fingerprint density at radius 2 is 0.531 bits per heavy atom. The lowest BCUT2D eigenvalue weighted by Gasteiger charge is -2.08. The van der Waals surface area contributed by atoms with Crippen molar-refractivity contribution >= 4 is 93.6 Å². The molecule has 4 atom stereocenters. The Balaban J connectivity index is 1.32. The van der Waals surface area contributed by atoms with Crippen molar-refractivity contribution in [1.29, 1.82) is 0 Å². The summed E-state index contributed by atoms with van der Waals surface area (Å²) in [6, 6.07) is 19.3. The second kappa shape index (κ2) is 30.8. The minimum Gasteiger partial charge on any atom is -0.495 e. The van der Waals surface area contributed by atoms with Crippen molar-refractivity contribution in [1.82, 2.24) is 19.9 Å². The van der Waals surface area contributed by atoms with Crippen LogP contribution in [0.2, 0.25) is 0 Å². The molecule has 0 aromatic carbocycles. The van der Waals surface area contributed by atoms with Crippen molar-refractivity contribution in [3.8, 4) is 44.5 Å². The van der Waals surface area contributed by atoms with Crippen molar-refractivity contribution < 1.29 is 59.1 Å². The van der Waals surface area contributed by atoms with E-state index in [0.717, 1.165) is 0 Å². The predicted octanol–water partition coefficient (Wildman–Crippen LogP) is 11.3. The van der Waals surface area contributed by atoms with E-state index in [0.29, 0.717) is 89.4 Å². The van der Waals surface area contributed by atoms with E-state index in [1.165, 1.54) is 0 Å². The first-order chi connectivity index (χ1) is 45.7. The Morgan fingerprint density at radius 1 is 0.323 bits per heavy atom. The number of H-pyrrole nitrogens is 2. The van der Waals surface area contributed by atoms with Gasteiger partial charge in [0, 0.05) is 115 Å². The van der Waals surface area contributed by atoms with Gasteiger partial charge in [-0.15, -0.1) is 0 Å². The molecule has 24 nitrogen and oxygen atoms in total. The second-order valence-corrected chi connectivity index (χ2v) is 24.8. The fourth-order valence-electron chi connectivity index (χ4n) is 10.9. The number of aliphatic hydroxyl groups is 8. The quantitative estimate of drug-likeness (QED) is 0.0155. The molecule has 0 saturated carbocycles. The topological polar surface area (TPSA) is 334 Å². The van der Waals surface area contributed by atoms with Gasteiger partial charge in [-0.3, -0.25) is 20.0 Å². The molecule has 498 valence electrons. The third-order valence-electron chi connectivity index (χ3n) is 15.1. The standard InChI is InChI=1S/C72H82N16O8/c1-41(2)73-69(93)45(9)77-61(89)37-85-29-13-17-49(33-85)65-53-21-23-55(81-53)66(50-18-14-30-86(34-50)38-62(90)78-46(10)70(94)74-42(3)4)57-25-27-59(83-57)68(52-20-16-32-88(36-52)40-64(92)80-48(12)72(96)76-44(7)8)60-28-26-58(84-60)67(56-24-22-54(65)82-56)51-19-15-31-87(35-51)39-63(91)79-47(11)71(95)75-43(5)6/h13-36,41-48H,37-40H2,1-12H3,(H6-4,73,74,75,76,77,78,79,80,81,82,83,84,89,90,91,92,93,94,95,96)/p+4/t45-,46-,47-,48-/m0/s1. The molecule has 24 heteroatoms. The van der Waals surface area contributed by atoms with Gasteiger partial charge in [0.2, 0.25) is 73.4 Å². The van der Waals surface area contributed by atoms with Crippen molar-refractivity contribution in [2.24, 2.45) is 39.9 Å². The number of pyridine rings is 4. The van der Waals surface area contributed by atoms with Gasteiger partial charge in [-0.1, -0.05) is 0 Å². The molecule has 0 unspecified atom stereocenters. The van der Waals surface area contributed by atoms with Gasteiger partial charge in [0.15, 0.2) is 49.6 Å². The van der Waals surface area contributed by atoms with Gasteiger partial charge in [-0.2, -0.15) is 18.3 Å². The van der Waals surface area contributed by atoms with Crippen LogP contribution in [-0.2, 0) is 26.2 Å². The maximum absolute atomic E-state index is 11.3. The van der Waals surface area contributed by atoms with E-state index in [9.17, 15) is 40.9 Å². The number of fused-ring (bicyclic) bond motifs is 8. The minimum absolute atomic E-state index is 0.0382. The molecule has 0 amide bonds. The van der Waals surface area contributed by atoms with E-state index in [1.54, 1.807) is 46.0 Å². The van der Waals surface area contributed by atoms with E-state index in [1.807, 2.05) is 202 Å². The monoisotopic (exact) mass is 1300 g/mol. The number of rotatable bonds is 24. The first kappa shape index (κ1) is 69.3. The number of aliphatic hydroxyl groups excluding tert-OH is 8. The highest BCUT2D eigenvalue weighted by Gasteiger charge is 2.25. The minimum atomic E-state index is -0.790. The fraction of sp³-hybridized carbons (Fsp3) is 0.333. The van der Waals surface area contributed by atoms with Gasteiger partial charge in [-0.05, 0) is 156 Å². The molecular formula is C72H86N16O8+4. The molecule has 2 aliphatic heterocycles. The van der Waals surface area contributed by atoms with Gasteiger partial charge in [0.05, 0.1) is 22.8 Å². The summed E-state index contributed by atoms with van der Waals surface area (Å²) in [5.74, 6) is -1.67. The smallest absolute Gasteiger partial charge is 0.249 e. The zero-order valence-electron chi connectivity index (χ0n) is 56.1. The SMILES string of the molecule is CC(C)N=C(O)[C@H](C)N=C(O)C[n+]1cccc(-c2c3nc(c(-c4ccc[n+](CC(O)=N[C@@H](C)C(O)=NC(C)C)c4)c4ccc([nH]4)c(-c4ccc[n+](CC(O)=N[C@@H](C)C(O)=NC(C)C)c4)c4nc(c(-c5ccc[n+](CC(O)=N[C@@H](C)C(O)=NC(C)C)c5)c5ccc2[nH]5)C=C4)C=C3)c1. The maximum Gasteiger partial charge on any atom is 0.249 e. The summed E-state index contributed by atoms with van der Waals surface area (Å²) in [6.45, 7) is 21.2. The largest absolute Gasteiger partial charge is 0.495 e. The Hall–Kier alpha value is -11.0. The van der Waals surface area contributed by atoms with E-state index < -0.39 is 24.2 Å². The van der Waals surface area contributed by atoms with Crippen molar-refractivity contribution in [2.75, 3.05) is 0 Å². The maximum atomic E-state index is 11.3. The molecule has 0 fully saturated rings. The van der Waals surface area contributed by atoms with Crippen LogP contribution in [0.3, 0.4) is 0 Å². The summed E-state index contributed by atoms with van der Waals surface area (Å²) in [5, 5.41) is 87.7. The normalized spacial score (nSPS) is 15.2. The molecule has 96 heavy (non-hydrogen) atoms. The molecule has 9 heterocycles. The molecule has 2 aliphatic rings. The number of aromatic amines is 2. The van der Waals surface area contributed by atoms with E-state index in [-0.39, 0.29) is 97.5 Å². The molecule has 9 rings (SSSR count). The molecule has 7 aromatic rings. The number of nitrogens with zero attached hydrogens (tertiary/aromatic N) is 14. The molecule has 0 spiro atoms. The summed E-state index contributed by atoms with van der Waals surface area (Å²) in [5.41, 5.74) is 10.5. The Bertz CT molecular complexity index is 3970. The molecule has 0 aliphatic carbocycles. The lowest BCUT2D eigenvalue weighted by Crippen LogP contribution is -2.38. The highest BCUT2D eigenvalue weighted by atomic mass is 16.3. The van der Waals surface area contributed by atoms with Gasteiger partial charge >= 0.3 is 0 Å². The van der Waals surface area contributed by atoms with Crippen LogP contribution in [0, 0.1) is 0 Å². The number of hydrogen-bond acceptors (Lipinski definition) is 10. The zero-order valence-corrected chi connectivity index (χ0v) is 56.1. The average Bonchev–Trinajstić information content (AvgIpc) is 1.60. The van der Waals surface area contributed by atoms with Crippen molar-refractivity contribution in [2.45, 2.75) is 158 Å². The van der Waals surface area contributed by atoms with Gasteiger partial charge < -0.3 is 50.8 Å². The highest BCUT2D eigenvalue weighted by molar-refractivity contribution is 6.00. The molecule has 8 bridgehead atoms. The molecular weight excluding hydrogens is 1220 g/mol. The molecule has 7 aromatic heterocycles. The van der Waals surface area contributed by atoms with Crippen molar-refractivity contribution in [3.63, 3.8) is 0 Å². The molecule has 10 N–H and O–H groups in total. The zero-order chi connectivity index (χ0) is 69.1. The summed E-state index contributed by atoms with van der Waals surface area (Å²) in [4.78, 5) is 52.8. The van der Waals surface area contributed by atoms with Crippen LogP contribution in [0.5, 0.6) is 0 Å². The first-order valence-corrected chi connectivity index (χ1v) is 32.0. The molecule has 0 radical (unpaired) electrons. The number of hydrogen-bond donors (Lipinski definition) is 10. The third-order valence-corrected chi connectivity index (χ3v) is 15.1. The van der Waals surface area contributed by atoms with Gasteiger partial charge in [-0.25, -0.2) is 29.9 Å². The van der Waals surface area contributed by atoms with Crippen LogP contribution < -0.4 is 18.3 Å². The van der Waals surface area contributed by atoms with Crippen LogP contribution in [0.1, 0.15) is 106 Å². The van der Waals surface area contributed by atoms with Crippen LogP contribution in [-0.4, -0.2) is 156 Å². The Kier molecular flexibility index (Phi) is 22.2. The number of nitrogens with one attached hydrogen (secondary N) is 2. The van der Waals surface area contributed by atoms with Crippen molar-refractivity contribution in [3.05, 3.63) is 145 Å². The lowest BCUT2D eigenvalue weighted by atomic mass is 10.1. The summed E-state index contributed by atoms with van der Waals surface area (Å²) >= 11 is 0. The van der Waals surface area contributed by atoms with Gasteiger partial charge in [0.25, 0.3) is 0 Å². The van der Waals surface area contributed by atoms with Crippen LogP contribution in [0.25, 0.3) is 90.9 Å². The van der Waals surface area contributed by atoms with Crippen LogP contribution >= 0.6 is 0 Å². The third kappa shape index (κ3) is 17.8. The Labute approximate surface area is 557 Å². The summed E-state index contributed by atoms with van der Waals surface area (Å²) < 4.78 is 7.16. The van der Waals surface area contributed by atoms with Crippen LogP contribution in [0.4, 0.5) is 0 Å². The van der Waals surface area contributed by atoms with Crippen LogP contribution in [0.15, 0.2) is 162 Å². The first-order valence-electron chi connectivity index (χ1n) is 32.0. The second-order valence-electron chi connectivity index (χ2n) is 24.8. The van der Waals surface area contributed by atoms with E-state index in [2.05, 4.69) is 49.9 Å². The predicted molar refractivity (Wildman–Crippen MR) is 380 cm³/mol. The van der Waals surface area contributed by atoms with E-state index >= 15 is 0 Å². The number of aliphatic imine (C=N–C) groups is 8. The number of aromatic nitrogens is 8. The highest BCUT2D eigenvalue weighted by Crippen LogP contribution is 2.38. The Morgan fingerprint density at radius 3 is 0.729 bits per heavy atom. The van der Waals surface area contributed by atoms with E-state index in [4.69, 9.17) is 9.97 Å². The summed E-state index contributed by atoms with van der Waals surface area (Å²) in [7, 11) is 0. The average molecular weight is 1300 g/mol.